The van der Waals surface area contributed by atoms with Gasteiger partial charge in [-0.2, -0.15) is 8.78 Å². The highest BCUT2D eigenvalue weighted by Crippen LogP contribution is 2.37. The standard InChI is InChI=1S/C12H7BrClF2NO2S/c13-7-4-6(14)5-8(10(7)19-12(15)16)17-11(18)9-2-1-3-20-9/h1-5,12H,(H,17,18). The number of carbonyl (C=O) groups is 1. The molecule has 0 aliphatic carbocycles. The van der Waals surface area contributed by atoms with Crippen molar-refractivity contribution in [2.75, 3.05) is 5.32 Å². The van der Waals surface area contributed by atoms with Crippen molar-refractivity contribution in [3.8, 4) is 5.75 Å². The largest absolute Gasteiger partial charge is 0.431 e. The van der Waals surface area contributed by atoms with Crippen LogP contribution in [0, 0.1) is 0 Å². The quantitative estimate of drug-likeness (QED) is 0.806. The van der Waals surface area contributed by atoms with Gasteiger partial charge in [-0.05, 0) is 39.5 Å². The monoisotopic (exact) mass is 381 g/mol. The Labute approximate surface area is 130 Å². The number of ether oxygens (including phenoxy) is 1. The molecule has 0 bridgehead atoms. The van der Waals surface area contributed by atoms with Gasteiger partial charge >= 0.3 is 6.61 Å². The maximum atomic E-state index is 12.4. The average molecular weight is 383 g/mol. The van der Waals surface area contributed by atoms with E-state index in [1.54, 1.807) is 17.5 Å². The van der Waals surface area contributed by atoms with Crippen molar-refractivity contribution in [3.63, 3.8) is 0 Å². The first kappa shape index (κ1) is 15.2. The molecule has 0 spiro atoms. The van der Waals surface area contributed by atoms with E-state index < -0.39 is 12.5 Å². The lowest BCUT2D eigenvalue weighted by molar-refractivity contribution is -0.0498. The SMILES string of the molecule is O=C(Nc1cc(Cl)cc(Br)c1OC(F)F)c1cccs1. The minimum absolute atomic E-state index is 0.0723. The van der Waals surface area contributed by atoms with Gasteiger partial charge in [-0.15, -0.1) is 11.3 Å². The number of thiophene rings is 1. The molecule has 3 nitrogen and oxygen atoms in total. The summed E-state index contributed by atoms with van der Waals surface area (Å²) in [5, 5.41) is 4.51. The van der Waals surface area contributed by atoms with Crippen LogP contribution in [0.2, 0.25) is 5.02 Å². The normalized spacial score (nSPS) is 10.7. The van der Waals surface area contributed by atoms with Crippen LogP contribution < -0.4 is 10.1 Å². The van der Waals surface area contributed by atoms with E-state index in [1.807, 2.05) is 0 Å². The van der Waals surface area contributed by atoms with Gasteiger partial charge in [0.2, 0.25) is 0 Å². The number of carbonyl (C=O) groups excluding carboxylic acids is 1. The van der Waals surface area contributed by atoms with Gasteiger partial charge in [0.25, 0.3) is 5.91 Å². The third kappa shape index (κ3) is 3.68. The Morgan fingerprint density at radius 3 is 2.80 bits per heavy atom. The van der Waals surface area contributed by atoms with Crippen LogP contribution in [-0.4, -0.2) is 12.5 Å². The zero-order chi connectivity index (χ0) is 14.7. The second kappa shape index (κ2) is 6.51. The molecule has 8 heteroatoms. The van der Waals surface area contributed by atoms with Crippen molar-refractivity contribution in [1.29, 1.82) is 0 Å². The van der Waals surface area contributed by atoms with Gasteiger partial charge in [0.05, 0.1) is 15.0 Å². The van der Waals surface area contributed by atoms with Crippen LogP contribution in [0.1, 0.15) is 9.67 Å². The molecule has 1 N–H and O–H groups in total. The topological polar surface area (TPSA) is 38.3 Å². The average Bonchev–Trinajstić information content (AvgIpc) is 2.87. The van der Waals surface area contributed by atoms with Crippen molar-refractivity contribution < 1.29 is 18.3 Å². The van der Waals surface area contributed by atoms with Crippen LogP contribution in [0.3, 0.4) is 0 Å². The molecule has 1 heterocycles. The van der Waals surface area contributed by atoms with Crippen LogP contribution in [0.25, 0.3) is 0 Å². The Morgan fingerprint density at radius 1 is 1.45 bits per heavy atom. The smallest absolute Gasteiger partial charge is 0.387 e. The first-order valence-corrected chi connectivity index (χ1v) is 7.31. The summed E-state index contributed by atoms with van der Waals surface area (Å²) in [5.41, 5.74) is 0.0723. The fraction of sp³-hybridized carbons (Fsp3) is 0.0833. The molecule has 1 aromatic carbocycles. The summed E-state index contributed by atoms with van der Waals surface area (Å²) in [5.74, 6) is -0.595. The number of hydrogen-bond acceptors (Lipinski definition) is 3. The lowest BCUT2D eigenvalue weighted by Crippen LogP contribution is -2.13. The summed E-state index contributed by atoms with van der Waals surface area (Å²) in [6.45, 7) is -3.01. The van der Waals surface area contributed by atoms with Crippen LogP contribution >= 0.6 is 38.9 Å². The highest BCUT2D eigenvalue weighted by molar-refractivity contribution is 9.10. The van der Waals surface area contributed by atoms with Gasteiger partial charge in [-0.25, -0.2) is 0 Å². The van der Waals surface area contributed by atoms with Crippen LogP contribution in [-0.2, 0) is 0 Å². The zero-order valence-electron chi connectivity index (χ0n) is 9.70. The van der Waals surface area contributed by atoms with Gasteiger partial charge in [0, 0.05) is 5.02 Å². The summed E-state index contributed by atoms with van der Waals surface area (Å²) in [6, 6.07) is 6.08. The number of anilines is 1. The van der Waals surface area contributed by atoms with Gasteiger partial charge < -0.3 is 10.1 Å². The first-order valence-electron chi connectivity index (χ1n) is 5.26. The minimum Gasteiger partial charge on any atom is -0.431 e. The molecule has 0 atom stereocenters. The fourth-order valence-corrected chi connectivity index (χ4v) is 2.98. The second-order valence-electron chi connectivity index (χ2n) is 3.57. The Kier molecular flexibility index (Phi) is 4.95. The van der Waals surface area contributed by atoms with E-state index in [0.717, 1.165) is 0 Å². The zero-order valence-corrected chi connectivity index (χ0v) is 12.9. The third-order valence-electron chi connectivity index (χ3n) is 2.21. The summed E-state index contributed by atoms with van der Waals surface area (Å²) in [4.78, 5) is 12.4. The van der Waals surface area contributed by atoms with Crippen LogP contribution in [0.15, 0.2) is 34.1 Å². The molecule has 20 heavy (non-hydrogen) atoms. The van der Waals surface area contributed by atoms with Crippen LogP contribution in [0.5, 0.6) is 5.75 Å². The predicted octanol–water partition coefficient (Wildman–Crippen LogP) is 5.02. The van der Waals surface area contributed by atoms with Gasteiger partial charge in [-0.1, -0.05) is 17.7 Å². The summed E-state index contributed by atoms with van der Waals surface area (Å²) < 4.78 is 29.4. The number of nitrogens with one attached hydrogen (secondary N) is 1. The van der Waals surface area contributed by atoms with E-state index in [1.165, 1.54) is 23.5 Å². The Balaban J connectivity index is 2.32. The van der Waals surface area contributed by atoms with Gasteiger partial charge in [-0.3, -0.25) is 4.79 Å². The van der Waals surface area contributed by atoms with Crippen molar-refractivity contribution in [3.05, 3.63) is 44.0 Å². The molecule has 0 saturated carbocycles. The third-order valence-corrected chi connectivity index (χ3v) is 3.88. The number of halogens is 4. The molecule has 1 amide bonds. The minimum atomic E-state index is -3.01. The number of hydrogen-bond donors (Lipinski definition) is 1. The van der Waals surface area contributed by atoms with Crippen molar-refractivity contribution >= 4 is 50.5 Å². The van der Waals surface area contributed by atoms with Crippen molar-refractivity contribution in [2.45, 2.75) is 6.61 Å². The maximum absolute atomic E-state index is 12.4. The van der Waals surface area contributed by atoms with E-state index >= 15 is 0 Å². The molecule has 0 aliphatic heterocycles. The van der Waals surface area contributed by atoms with E-state index in [9.17, 15) is 13.6 Å². The number of amides is 1. The van der Waals surface area contributed by atoms with Crippen molar-refractivity contribution in [2.24, 2.45) is 0 Å². The summed E-state index contributed by atoms with van der Waals surface area (Å²) in [7, 11) is 0. The number of alkyl halides is 2. The molecule has 2 aromatic rings. The van der Waals surface area contributed by atoms with E-state index in [0.29, 0.717) is 4.88 Å². The number of rotatable bonds is 4. The molecule has 0 unspecified atom stereocenters. The molecule has 0 aliphatic rings. The van der Waals surface area contributed by atoms with E-state index in [4.69, 9.17) is 11.6 Å². The highest BCUT2D eigenvalue weighted by atomic mass is 79.9. The van der Waals surface area contributed by atoms with Crippen molar-refractivity contribution in [1.82, 2.24) is 0 Å². The molecular weight excluding hydrogens is 376 g/mol. The van der Waals surface area contributed by atoms with Crippen LogP contribution in [0.4, 0.5) is 14.5 Å². The summed E-state index contributed by atoms with van der Waals surface area (Å²) in [6.07, 6.45) is 0. The fourth-order valence-electron chi connectivity index (χ4n) is 1.45. The lowest BCUT2D eigenvalue weighted by Gasteiger charge is -2.13. The number of benzene rings is 1. The van der Waals surface area contributed by atoms with E-state index in [2.05, 4.69) is 26.0 Å². The highest BCUT2D eigenvalue weighted by Gasteiger charge is 2.17. The first-order chi connectivity index (χ1) is 9.47. The molecule has 1 aromatic heterocycles. The van der Waals surface area contributed by atoms with Gasteiger partial charge in [0.15, 0.2) is 5.75 Å². The molecule has 0 radical (unpaired) electrons. The Morgan fingerprint density at radius 2 is 2.20 bits per heavy atom. The molecule has 0 saturated heterocycles. The lowest BCUT2D eigenvalue weighted by atomic mass is 10.3. The molecule has 0 fully saturated rings. The molecule has 2 rings (SSSR count). The molecule has 106 valence electrons. The molecular formula is C12H7BrClF2NO2S. The predicted molar refractivity (Wildman–Crippen MR) is 78.1 cm³/mol. The summed E-state index contributed by atoms with van der Waals surface area (Å²) >= 11 is 10.2. The second-order valence-corrected chi connectivity index (χ2v) is 5.81. The van der Waals surface area contributed by atoms with E-state index in [-0.39, 0.29) is 20.9 Å². The Hall–Kier alpha value is -1.18. The Bertz CT molecular complexity index is 622. The maximum Gasteiger partial charge on any atom is 0.387 e. The van der Waals surface area contributed by atoms with Gasteiger partial charge in [0.1, 0.15) is 0 Å².